The van der Waals surface area contributed by atoms with Gasteiger partial charge in [0, 0.05) is 45.7 Å². The largest absolute Gasteiger partial charge is 0.326 e. The van der Waals surface area contributed by atoms with Gasteiger partial charge in [0.1, 0.15) is 0 Å². The summed E-state index contributed by atoms with van der Waals surface area (Å²) in [6, 6.07) is 10.4. The summed E-state index contributed by atoms with van der Waals surface area (Å²) in [5.74, 6) is -0.0697. The highest BCUT2D eigenvalue weighted by Gasteiger charge is 2.34. The Morgan fingerprint density at radius 2 is 1.79 bits per heavy atom. The second kappa shape index (κ2) is 7.62. The standard InChI is InChI=1S/C19H25N3O2/c1-20-18(23)11-15-22(19(20)24)17-9-13-21(14-10-17)12-5-8-16-6-3-2-4-7-16/h2-8,17H,9-15H2,1H3. The lowest BCUT2D eigenvalue weighted by Crippen LogP contribution is -2.56. The second-order valence-electron chi connectivity index (χ2n) is 6.52. The van der Waals surface area contributed by atoms with Crippen molar-refractivity contribution in [2.45, 2.75) is 25.3 Å². The van der Waals surface area contributed by atoms with Crippen LogP contribution in [0.25, 0.3) is 6.08 Å². The van der Waals surface area contributed by atoms with Crippen LogP contribution >= 0.6 is 0 Å². The molecule has 5 heteroatoms. The van der Waals surface area contributed by atoms with Crippen LogP contribution in [0.15, 0.2) is 36.4 Å². The topological polar surface area (TPSA) is 43.9 Å². The van der Waals surface area contributed by atoms with E-state index in [2.05, 4.69) is 29.2 Å². The highest BCUT2D eigenvalue weighted by molar-refractivity contribution is 5.96. The van der Waals surface area contributed by atoms with Crippen LogP contribution in [0.4, 0.5) is 4.79 Å². The first-order valence-electron chi connectivity index (χ1n) is 8.66. The fourth-order valence-corrected chi connectivity index (χ4v) is 3.43. The molecule has 2 aliphatic heterocycles. The fraction of sp³-hybridized carbons (Fsp3) is 0.474. The number of urea groups is 1. The average Bonchev–Trinajstić information content (AvgIpc) is 2.62. The van der Waals surface area contributed by atoms with Crippen molar-refractivity contribution in [3.05, 3.63) is 42.0 Å². The molecule has 0 atom stereocenters. The van der Waals surface area contributed by atoms with Gasteiger partial charge in [-0.2, -0.15) is 0 Å². The van der Waals surface area contributed by atoms with Gasteiger partial charge in [-0.3, -0.25) is 14.6 Å². The highest BCUT2D eigenvalue weighted by Crippen LogP contribution is 2.21. The number of amides is 3. The molecule has 2 aliphatic rings. The molecule has 1 aromatic carbocycles. The van der Waals surface area contributed by atoms with E-state index < -0.39 is 0 Å². The van der Waals surface area contributed by atoms with E-state index in [9.17, 15) is 9.59 Å². The molecule has 2 heterocycles. The zero-order chi connectivity index (χ0) is 16.9. The van der Waals surface area contributed by atoms with Crippen molar-refractivity contribution < 1.29 is 9.59 Å². The summed E-state index contributed by atoms with van der Waals surface area (Å²) < 4.78 is 0. The normalized spacial score (nSPS) is 21.0. The summed E-state index contributed by atoms with van der Waals surface area (Å²) in [5, 5.41) is 0. The van der Waals surface area contributed by atoms with Gasteiger partial charge in [-0.05, 0) is 18.4 Å². The van der Waals surface area contributed by atoms with Gasteiger partial charge >= 0.3 is 6.03 Å². The third kappa shape index (κ3) is 3.85. The lowest BCUT2D eigenvalue weighted by atomic mass is 10.0. The van der Waals surface area contributed by atoms with Gasteiger partial charge in [0.2, 0.25) is 5.91 Å². The molecule has 1 aromatic rings. The van der Waals surface area contributed by atoms with Crippen LogP contribution in [-0.2, 0) is 4.79 Å². The van der Waals surface area contributed by atoms with Crippen LogP contribution in [0.3, 0.4) is 0 Å². The zero-order valence-corrected chi connectivity index (χ0v) is 14.2. The van der Waals surface area contributed by atoms with E-state index >= 15 is 0 Å². The van der Waals surface area contributed by atoms with Crippen molar-refractivity contribution in [2.24, 2.45) is 0 Å². The number of likely N-dealkylation sites (tertiary alicyclic amines) is 1. The Kier molecular flexibility index (Phi) is 5.30. The van der Waals surface area contributed by atoms with Gasteiger partial charge in [-0.25, -0.2) is 4.79 Å². The number of imide groups is 1. The molecule has 0 radical (unpaired) electrons. The quantitative estimate of drug-likeness (QED) is 0.853. The minimum Gasteiger partial charge on any atom is -0.321 e. The van der Waals surface area contributed by atoms with Crippen LogP contribution in [0.1, 0.15) is 24.8 Å². The molecule has 2 fully saturated rings. The van der Waals surface area contributed by atoms with Gasteiger partial charge in [0.15, 0.2) is 0 Å². The number of carbonyl (C=O) groups is 2. The fourth-order valence-electron chi connectivity index (χ4n) is 3.43. The second-order valence-corrected chi connectivity index (χ2v) is 6.52. The number of nitrogens with zero attached hydrogens (tertiary/aromatic N) is 3. The molecule has 0 aliphatic carbocycles. The zero-order valence-electron chi connectivity index (χ0n) is 14.2. The molecule has 0 N–H and O–H groups in total. The molecule has 0 spiro atoms. The van der Waals surface area contributed by atoms with E-state index in [1.54, 1.807) is 7.05 Å². The van der Waals surface area contributed by atoms with Crippen molar-refractivity contribution in [1.29, 1.82) is 0 Å². The number of hydrogen-bond donors (Lipinski definition) is 0. The van der Waals surface area contributed by atoms with Gasteiger partial charge in [0.05, 0.1) is 0 Å². The SMILES string of the molecule is CN1C(=O)CCN(C2CCN(CC=Cc3ccccc3)CC2)C1=O. The summed E-state index contributed by atoms with van der Waals surface area (Å²) >= 11 is 0. The summed E-state index contributed by atoms with van der Waals surface area (Å²) in [6.45, 7) is 3.49. The molecular weight excluding hydrogens is 302 g/mol. The van der Waals surface area contributed by atoms with E-state index in [0.717, 1.165) is 32.5 Å². The number of rotatable bonds is 4. The molecule has 0 bridgehead atoms. The van der Waals surface area contributed by atoms with Crippen molar-refractivity contribution >= 4 is 18.0 Å². The molecule has 0 aromatic heterocycles. The summed E-state index contributed by atoms with van der Waals surface area (Å²) in [7, 11) is 1.58. The van der Waals surface area contributed by atoms with Gasteiger partial charge in [-0.1, -0.05) is 42.5 Å². The molecular formula is C19H25N3O2. The van der Waals surface area contributed by atoms with Crippen molar-refractivity contribution in [3.8, 4) is 0 Å². The predicted octanol–water partition coefficient (Wildman–Crippen LogP) is 2.45. The van der Waals surface area contributed by atoms with E-state index in [0.29, 0.717) is 13.0 Å². The van der Waals surface area contributed by atoms with Crippen LogP contribution in [-0.4, -0.2) is 65.9 Å². The molecule has 128 valence electrons. The van der Waals surface area contributed by atoms with Crippen molar-refractivity contribution in [2.75, 3.05) is 33.2 Å². The summed E-state index contributed by atoms with van der Waals surface area (Å²) in [6.07, 6.45) is 6.76. The van der Waals surface area contributed by atoms with Gasteiger partial charge in [-0.15, -0.1) is 0 Å². The molecule has 0 saturated carbocycles. The minimum absolute atomic E-state index is 0.0697. The number of piperidine rings is 1. The predicted molar refractivity (Wildman–Crippen MR) is 94.4 cm³/mol. The lowest BCUT2D eigenvalue weighted by molar-refractivity contribution is -0.130. The maximum atomic E-state index is 12.3. The number of hydrogen-bond acceptors (Lipinski definition) is 3. The summed E-state index contributed by atoms with van der Waals surface area (Å²) in [4.78, 5) is 29.4. The van der Waals surface area contributed by atoms with Crippen LogP contribution in [0.2, 0.25) is 0 Å². The molecule has 3 rings (SSSR count). The maximum absolute atomic E-state index is 12.3. The first-order chi connectivity index (χ1) is 11.6. The smallest absolute Gasteiger partial charge is 0.321 e. The number of benzene rings is 1. The van der Waals surface area contributed by atoms with Crippen LogP contribution in [0.5, 0.6) is 0 Å². The third-order valence-electron chi connectivity index (χ3n) is 4.94. The lowest BCUT2D eigenvalue weighted by Gasteiger charge is -2.41. The Morgan fingerprint density at radius 3 is 2.50 bits per heavy atom. The maximum Gasteiger partial charge on any atom is 0.326 e. The van der Waals surface area contributed by atoms with E-state index in [4.69, 9.17) is 0 Å². The Labute approximate surface area is 143 Å². The Morgan fingerprint density at radius 1 is 1.08 bits per heavy atom. The first kappa shape index (κ1) is 16.7. The Balaban J connectivity index is 1.47. The molecule has 0 unspecified atom stereocenters. The third-order valence-corrected chi connectivity index (χ3v) is 4.94. The summed E-state index contributed by atoms with van der Waals surface area (Å²) in [5.41, 5.74) is 1.22. The monoisotopic (exact) mass is 327 g/mol. The van der Waals surface area contributed by atoms with E-state index in [1.807, 2.05) is 23.1 Å². The van der Waals surface area contributed by atoms with E-state index in [-0.39, 0.29) is 18.0 Å². The Bertz CT molecular complexity index is 606. The Hall–Kier alpha value is -2.14. The molecule has 3 amide bonds. The van der Waals surface area contributed by atoms with Crippen LogP contribution in [0, 0.1) is 0 Å². The average molecular weight is 327 g/mol. The van der Waals surface area contributed by atoms with Crippen LogP contribution < -0.4 is 0 Å². The first-order valence-corrected chi connectivity index (χ1v) is 8.66. The van der Waals surface area contributed by atoms with Crippen molar-refractivity contribution in [1.82, 2.24) is 14.7 Å². The molecule has 5 nitrogen and oxygen atoms in total. The minimum atomic E-state index is -0.131. The molecule has 2 saturated heterocycles. The van der Waals surface area contributed by atoms with Crippen molar-refractivity contribution in [3.63, 3.8) is 0 Å². The highest BCUT2D eigenvalue weighted by atomic mass is 16.2. The van der Waals surface area contributed by atoms with Gasteiger partial charge in [0.25, 0.3) is 0 Å². The number of carbonyl (C=O) groups excluding carboxylic acids is 2. The molecule has 24 heavy (non-hydrogen) atoms. The van der Waals surface area contributed by atoms with Gasteiger partial charge < -0.3 is 4.90 Å². The van der Waals surface area contributed by atoms with E-state index in [1.165, 1.54) is 10.5 Å².